The quantitative estimate of drug-likeness (QED) is 0.872. The van der Waals surface area contributed by atoms with Crippen molar-refractivity contribution in [2.75, 3.05) is 5.75 Å². The smallest absolute Gasteiger partial charge is 0.327 e. The lowest BCUT2D eigenvalue weighted by Crippen LogP contribution is -2.43. The first kappa shape index (κ1) is 15.6. The highest BCUT2D eigenvalue weighted by molar-refractivity contribution is 8.00. The summed E-state index contributed by atoms with van der Waals surface area (Å²) in [7, 11) is 0. The Labute approximate surface area is 128 Å². The van der Waals surface area contributed by atoms with Gasteiger partial charge in [-0.1, -0.05) is 23.8 Å². The van der Waals surface area contributed by atoms with E-state index in [-0.39, 0.29) is 11.3 Å². The Morgan fingerprint density at radius 1 is 1.38 bits per heavy atom. The molecule has 0 saturated carbocycles. The van der Waals surface area contributed by atoms with E-state index >= 15 is 0 Å². The van der Waals surface area contributed by atoms with E-state index in [2.05, 4.69) is 6.07 Å². The van der Waals surface area contributed by atoms with Gasteiger partial charge in [0.05, 0.1) is 5.37 Å². The van der Waals surface area contributed by atoms with Crippen molar-refractivity contribution in [3.8, 4) is 0 Å². The van der Waals surface area contributed by atoms with E-state index < -0.39 is 12.0 Å². The zero-order valence-electron chi connectivity index (χ0n) is 12.4. The molecule has 0 spiro atoms. The number of carboxylic acids is 1. The Hall–Kier alpha value is -1.75. The topological polar surface area (TPSA) is 57.6 Å². The van der Waals surface area contributed by atoms with Gasteiger partial charge >= 0.3 is 5.97 Å². The maximum atomic E-state index is 12.3. The monoisotopic (exact) mass is 305 g/mol. The first-order valence-corrected chi connectivity index (χ1v) is 7.87. The second-order valence-corrected chi connectivity index (χ2v) is 6.57. The zero-order valence-corrected chi connectivity index (χ0v) is 13.2. The van der Waals surface area contributed by atoms with E-state index in [1.807, 2.05) is 32.9 Å². The van der Waals surface area contributed by atoms with E-state index in [1.54, 1.807) is 6.08 Å². The summed E-state index contributed by atoms with van der Waals surface area (Å²) in [6.07, 6.45) is 3.22. The molecule has 1 amide bonds. The number of amides is 1. The van der Waals surface area contributed by atoms with E-state index in [0.29, 0.717) is 5.75 Å². The summed E-state index contributed by atoms with van der Waals surface area (Å²) in [4.78, 5) is 24.9. The van der Waals surface area contributed by atoms with Crippen LogP contribution in [0.3, 0.4) is 0 Å². The Bertz CT molecular complexity index is 597. The predicted octanol–water partition coefficient (Wildman–Crippen LogP) is 2.69. The van der Waals surface area contributed by atoms with Crippen LogP contribution in [-0.4, -0.2) is 39.1 Å². The Morgan fingerprint density at radius 3 is 2.71 bits per heavy atom. The molecule has 2 rings (SSSR count). The predicted molar refractivity (Wildman–Crippen MR) is 85.1 cm³/mol. The standard InChI is InChI=1S/C16H19NO3S/c1-10-4-5-13(11(2)8-10)6-7-15(18)17-12(3)21-9-14(17)16(19)20/h4-8,12,14H,9H2,1-3H3,(H,19,20). The minimum absolute atomic E-state index is 0.109. The Kier molecular flexibility index (Phi) is 4.73. The summed E-state index contributed by atoms with van der Waals surface area (Å²) in [5, 5.41) is 9.07. The average Bonchev–Trinajstić information content (AvgIpc) is 2.79. The van der Waals surface area contributed by atoms with Crippen molar-refractivity contribution in [1.29, 1.82) is 0 Å². The number of carbonyl (C=O) groups is 2. The molecule has 0 aromatic heterocycles. The van der Waals surface area contributed by atoms with E-state index in [0.717, 1.165) is 11.1 Å². The highest BCUT2D eigenvalue weighted by atomic mass is 32.2. The number of aliphatic carboxylic acids is 1. The highest BCUT2D eigenvalue weighted by Crippen LogP contribution is 2.29. The first-order chi connectivity index (χ1) is 9.90. The molecule has 0 aliphatic carbocycles. The van der Waals surface area contributed by atoms with Crippen LogP contribution < -0.4 is 0 Å². The SMILES string of the molecule is Cc1ccc(C=CC(=O)N2C(C)SCC2C(=O)O)c(C)c1. The molecule has 0 bridgehead atoms. The van der Waals surface area contributed by atoms with E-state index in [1.165, 1.54) is 28.3 Å². The molecule has 1 aliphatic heterocycles. The molecule has 1 fully saturated rings. The average molecular weight is 305 g/mol. The largest absolute Gasteiger partial charge is 0.480 e. The van der Waals surface area contributed by atoms with Crippen LogP contribution in [-0.2, 0) is 9.59 Å². The minimum Gasteiger partial charge on any atom is -0.480 e. The lowest BCUT2D eigenvalue weighted by molar-refractivity contribution is -0.147. The van der Waals surface area contributed by atoms with Gasteiger partial charge < -0.3 is 10.0 Å². The fourth-order valence-electron chi connectivity index (χ4n) is 2.43. The van der Waals surface area contributed by atoms with Crippen LogP contribution in [0.25, 0.3) is 6.08 Å². The summed E-state index contributed by atoms with van der Waals surface area (Å²) < 4.78 is 0. The van der Waals surface area contributed by atoms with Gasteiger partial charge in [0.1, 0.15) is 6.04 Å². The van der Waals surface area contributed by atoms with Crippen LogP contribution in [0.4, 0.5) is 0 Å². The number of carbonyl (C=O) groups excluding carboxylic acids is 1. The van der Waals surface area contributed by atoms with E-state index in [9.17, 15) is 14.7 Å². The summed E-state index contributed by atoms with van der Waals surface area (Å²) in [5.41, 5.74) is 3.24. The van der Waals surface area contributed by atoms with Gasteiger partial charge in [0.2, 0.25) is 5.91 Å². The fourth-order valence-corrected chi connectivity index (χ4v) is 3.60. The van der Waals surface area contributed by atoms with Crippen molar-refractivity contribution in [3.63, 3.8) is 0 Å². The van der Waals surface area contributed by atoms with Gasteiger partial charge in [-0.25, -0.2) is 4.79 Å². The molecule has 2 atom stereocenters. The van der Waals surface area contributed by atoms with Crippen LogP contribution in [0.5, 0.6) is 0 Å². The number of hydrogen-bond acceptors (Lipinski definition) is 3. The van der Waals surface area contributed by atoms with E-state index in [4.69, 9.17) is 0 Å². The van der Waals surface area contributed by atoms with Crippen LogP contribution in [0.2, 0.25) is 0 Å². The first-order valence-electron chi connectivity index (χ1n) is 6.82. The second-order valence-electron chi connectivity index (χ2n) is 5.23. The molecule has 1 saturated heterocycles. The van der Waals surface area contributed by atoms with Gasteiger partial charge in [-0.15, -0.1) is 11.8 Å². The number of aryl methyl sites for hydroxylation is 2. The lowest BCUT2D eigenvalue weighted by atomic mass is 10.1. The van der Waals surface area contributed by atoms with Crippen molar-refractivity contribution in [2.24, 2.45) is 0 Å². The van der Waals surface area contributed by atoms with Crippen LogP contribution in [0, 0.1) is 13.8 Å². The van der Waals surface area contributed by atoms with Crippen LogP contribution >= 0.6 is 11.8 Å². The normalized spacial score (nSPS) is 22.0. The van der Waals surface area contributed by atoms with Gasteiger partial charge in [-0.05, 0) is 38.0 Å². The van der Waals surface area contributed by atoms with Crippen molar-refractivity contribution < 1.29 is 14.7 Å². The third-order valence-electron chi connectivity index (χ3n) is 3.59. The number of thioether (sulfide) groups is 1. The van der Waals surface area contributed by atoms with Crippen LogP contribution in [0.15, 0.2) is 24.3 Å². The van der Waals surface area contributed by atoms with Crippen molar-refractivity contribution in [3.05, 3.63) is 41.0 Å². The summed E-state index contributed by atoms with van der Waals surface area (Å²) >= 11 is 1.49. The number of hydrogen-bond donors (Lipinski definition) is 1. The third-order valence-corrected chi connectivity index (χ3v) is 4.81. The maximum absolute atomic E-state index is 12.3. The van der Waals surface area contributed by atoms with Gasteiger partial charge in [0.15, 0.2) is 0 Å². The molecule has 5 heteroatoms. The molecule has 4 nitrogen and oxygen atoms in total. The molecule has 1 heterocycles. The molecule has 1 N–H and O–H groups in total. The highest BCUT2D eigenvalue weighted by Gasteiger charge is 2.38. The van der Waals surface area contributed by atoms with Crippen molar-refractivity contribution >= 4 is 29.7 Å². The van der Waals surface area contributed by atoms with Crippen molar-refractivity contribution in [1.82, 2.24) is 4.90 Å². The molecule has 21 heavy (non-hydrogen) atoms. The molecule has 1 aliphatic rings. The third kappa shape index (κ3) is 3.47. The van der Waals surface area contributed by atoms with Gasteiger partial charge in [0, 0.05) is 11.8 Å². The number of rotatable bonds is 3. The van der Waals surface area contributed by atoms with Crippen molar-refractivity contribution in [2.45, 2.75) is 32.2 Å². The summed E-state index contributed by atoms with van der Waals surface area (Å²) in [6.45, 7) is 5.87. The molecule has 2 unspecified atom stereocenters. The summed E-state index contributed by atoms with van der Waals surface area (Å²) in [6, 6.07) is 5.27. The molecule has 0 radical (unpaired) electrons. The summed E-state index contributed by atoms with van der Waals surface area (Å²) in [5.74, 6) is -0.750. The Morgan fingerprint density at radius 2 is 2.10 bits per heavy atom. The molecular formula is C16H19NO3S. The zero-order chi connectivity index (χ0) is 15.6. The Balaban J connectivity index is 2.16. The van der Waals surface area contributed by atoms with Gasteiger partial charge in [-0.3, -0.25) is 4.79 Å². The minimum atomic E-state index is -0.944. The molecular weight excluding hydrogens is 286 g/mol. The second kappa shape index (κ2) is 6.35. The number of carboxylic acid groups (broad SMARTS) is 1. The lowest BCUT2D eigenvalue weighted by Gasteiger charge is -2.23. The van der Waals surface area contributed by atoms with Gasteiger partial charge in [0.25, 0.3) is 0 Å². The molecule has 1 aromatic carbocycles. The van der Waals surface area contributed by atoms with Crippen LogP contribution in [0.1, 0.15) is 23.6 Å². The number of nitrogens with zero attached hydrogens (tertiary/aromatic N) is 1. The molecule has 1 aromatic rings. The maximum Gasteiger partial charge on any atom is 0.327 e. The molecule has 112 valence electrons. The van der Waals surface area contributed by atoms with Gasteiger partial charge in [-0.2, -0.15) is 0 Å². The number of benzene rings is 1. The fraction of sp³-hybridized carbons (Fsp3) is 0.375.